The lowest BCUT2D eigenvalue weighted by molar-refractivity contribution is 0.168. The molecule has 2 amide bonds. The maximum absolute atomic E-state index is 11.2. The van der Waals surface area contributed by atoms with Crippen molar-refractivity contribution in [1.29, 1.82) is 0 Å². The maximum atomic E-state index is 11.2. The number of rotatable bonds is 0. The summed E-state index contributed by atoms with van der Waals surface area (Å²) in [4.78, 5) is 14.2. The molecule has 1 rings (SSSR count). The summed E-state index contributed by atoms with van der Waals surface area (Å²) in [5.74, 6) is 0. The summed E-state index contributed by atoms with van der Waals surface area (Å²) < 4.78 is 0. The molecule has 0 fully saturated rings. The van der Waals surface area contributed by atoms with Gasteiger partial charge in [0.05, 0.1) is 0 Å². The Morgan fingerprint density at radius 3 is 2.64 bits per heavy atom. The topological polar surface area (TPSA) is 49.6 Å². The SMILES string of the molecule is CC1=CN(C)C(=O)N(C)C1N. The van der Waals surface area contributed by atoms with Crippen molar-refractivity contribution in [2.24, 2.45) is 5.73 Å². The molecule has 4 nitrogen and oxygen atoms in total. The fourth-order valence-electron chi connectivity index (χ4n) is 1.11. The van der Waals surface area contributed by atoms with Crippen molar-refractivity contribution in [2.75, 3.05) is 14.1 Å². The first-order chi connectivity index (χ1) is 5.04. The minimum Gasteiger partial charge on any atom is -0.308 e. The van der Waals surface area contributed by atoms with Crippen LogP contribution in [-0.2, 0) is 0 Å². The number of likely N-dealkylation sites (N-methyl/N-ethyl adjacent to an activating group) is 1. The zero-order chi connectivity index (χ0) is 8.59. The Labute approximate surface area is 66.3 Å². The van der Waals surface area contributed by atoms with Gasteiger partial charge < -0.3 is 15.5 Å². The molecule has 1 unspecified atom stereocenters. The van der Waals surface area contributed by atoms with Gasteiger partial charge in [0.25, 0.3) is 0 Å². The van der Waals surface area contributed by atoms with Gasteiger partial charge in [-0.3, -0.25) is 0 Å². The Balaban J connectivity index is 2.92. The largest absolute Gasteiger partial charge is 0.324 e. The standard InChI is InChI=1S/C7H13N3O/c1-5-4-9(2)7(11)10(3)6(5)8/h4,6H,8H2,1-3H3. The first kappa shape index (κ1) is 8.07. The van der Waals surface area contributed by atoms with Gasteiger partial charge in [0.2, 0.25) is 0 Å². The van der Waals surface area contributed by atoms with E-state index in [9.17, 15) is 4.79 Å². The van der Waals surface area contributed by atoms with Crippen molar-refractivity contribution < 1.29 is 4.79 Å². The third kappa shape index (κ3) is 1.21. The van der Waals surface area contributed by atoms with Crippen LogP contribution in [0, 0.1) is 0 Å². The van der Waals surface area contributed by atoms with Crippen molar-refractivity contribution in [1.82, 2.24) is 9.80 Å². The molecule has 1 aliphatic rings. The van der Waals surface area contributed by atoms with E-state index >= 15 is 0 Å². The minimum atomic E-state index is -0.265. The van der Waals surface area contributed by atoms with Gasteiger partial charge in [0.15, 0.2) is 0 Å². The molecule has 0 radical (unpaired) electrons. The average Bonchev–Trinajstić information content (AvgIpc) is 1.97. The molecule has 0 bridgehead atoms. The van der Waals surface area contributed by atoms with Crippen molar-refractivity contribution in [3.63, 3.8) is 0 Å². The molecule has 4 heteroatoms. The van der Waals surface area contributed by atoms with Gasteiger partial charge in [0.1, 0.15) is 6.17 Å². The van der Waals surface area contributed by atoms with Crippen LogP contribution in [0.5, 0.6) is 0 Å². The number of hydrogen-bond donors (Lipinski definition) is 1. The highest BCUT2D eigenvalue weighted by Crippen LogP contribution is 2.12. The smallest absolute Gasteiger partial charge is 0.308 e. The zero-order valence-electron chi connectivity index (χ0n) is 7.03. The first-order valence-corrected chi connectivity index (χ1v) is 3.47. The molecule has 0 aromatic heterocycles. The molecule has 62 valence electrons. The van der Waals surface area contributed by atoms with Crippen LogP contribution in [0.2, 0.25) is 0 Å². The van der Waals surface area contributed by atoms with E-state index in [-0.39, 0.29) is 12.2 Å². The van der Waals surface area contributed by atoms with Gasteiger partial charge >= 0.3 is 6.03 Å². The summed E-state index contributed by atoms with van der Waals surface area (Å²) in [7, 11) is 3.41. The molecular formula is C7H13N3O. The highest BCUT2D eigenvalue weighted by atomic mass is 16.2. The lowest BCUT2D eigenvalue weighted by atomic mass is 10.2. The lowest BCUT2D eigenvalue weighted by Crippen LogP contribution is -2.51. The second-order valence-corrected chi connectivity index (χ2v) is 2.82. The fraction of sp³-hybridized carbons (Fsp3) is 0.571. The summed E-state index contributed by atoms with van der Waals surface area (Å²) in [6, 6.07) is -0.0666. The van der Waals surface area contributed by atoms with Crippen LogP contribution in [0.25, 0.3) is 0 Å². The Kier molecular flexibility index (Phi) is 1.87. The van der Waals surface area contributed by atoms with Gasteiger partial charge in [-0.15, -0.1) is 0 Å². The Bertz CT molecular complexity index is 212. The highest BCUT2D eigenvalue weighted by molar-refractivity contribution is 5.77. The van der Waals surface area contributed by atoms with Crippen LogP contribution in [0.15, 0.2) is 11.8 Å². The summed E-state index contributed by atoms with van der Waals surface area (Å²) in [5, 5.41) is 0. The summed E-state index contributed by atoms with van der Waals surface area (Å²) in [6.45, 7) is 1.91. The van der Waals surface area contributed by atoms with Gasteiger partial charge in [-0.1, -0.05) is 0 Å². The van der Waals surface area contributed by atoms with Crippen LogP contribution in [0.4, 0.5) is 4.79 Å². The van der Waals surface area contributed by atoms with Crippen LogP contribution < -0.4 is 5.73 Å². The molecule has 0 saturated heterocycles. The van der Waals surface area contributed by atoms with E-state index < -0.39 is 0 Å². The Hall–Kier alpha value is -1.03. The molecule has 0 saturated carbocycles. The van der Waals surface area contributed by atoms with E-state index in [1.54, 1.807) is 20.3 Å². The third-order valence-electron chi connectivity index (χ3n) is 1.88. The number of nitrogens with zero attached hydrogens (tertiary/aromatic N) is 2. The van der Waals surface area contributed by atoms with Gasteiger partial charge in [-0.25, -0.2) is 4.79 Å². The van der Waals surface area contributed by atoms with E-state index in [1.807, 2.05) is 6.92 Å². The summed E-state index contributed by atoms with van der Waals surface area (Å²) in [6.07, 6.45) is 1.49. The Morgan fingerprint density at radius 1 is 1.55 bits per heavy atom. The van der Waals surface area contributed by atoms with E-state index in [0.29, 0.717) is 0 Å². The summed E-state index contributed by atoms with van der Waals surface area (Å²) >= 11 is 0. The minimum absolute atomic E-state index is 0.0666. The number of amides is 2. The lowest BCUT2D eigenvalue weighted by Gasteiger charge is -2.33. The fourth-order valence-corrected chi connectivity index (χ4v) is 1.11. The van der Waals surface area contributed by atoms with Crippen molar-refractivity contribution in [3.8, 4) is 0 Å². The second kappa shape index (κ2) is 2.54. The second-order valence-electron chi connectivity index (χ2n) is 2.82. The molecule has 11 heavy (non-hydrogen) atoms. The van der Waals surface area contributed by atoms with Crippen molar-refractivity contribution >= 4 is 6.03 Å². The normalized spacial score (nSPS) is 25.6. The highest BCUT2D eigenvalue weighted by Gasteiger charge is 2.24. The van der Waals surface area contributed by atoms with Gasteiger partial charge in [0, 0.05) is 20.3 Å². The van der Waals surface area contributed by atoms with E-state index in [0.717, 1.165) is 5.57 Å². The van der Waals surface area contributed by atoms with Crippen LogP contribution in [-0.4, -0.2) is 36.1 Å². The molecule has 0 aromatic carbocycles. The molecule has 1 heterocycles. The molecule has 0 aliphatic carbocycles. The number of nitrogens with two attached hydrogens (primary N) is 1. The van der Waals surface area contributed by atoms with E-state index in [1.165, 1.54) is 9.80 Å². The average molecular weight is 155 g/mol. The zero-order valence-corrected chi connectivity index (χ0v) is 7.03. The molecule has 0 spiro atoms. The monoisotopic (exact) mass is 155 g/mol. The van der Waals surface area contributed by atoms with Crippen LogP contribution in [0.1, 0.15) is 6.92 Å². The predicted molar refractivity (Wildman–Crippen MR) is 42.7 cm³/mol. The summed E-state index contributed by atoms with van der Waals surface area (Å²) in [5.41, 5.74) is 6.68. The number of urea groups is 1. The number of hydrogen-bond acceptors (Lipinski definition) is 2. The van der Waals surface area contributed by atoms with Crippen molar-refractivity contribution in [3.05, 3.63) is 11.8 Å². The molecular weight excluding hydrogens is 142 g/mol. The number of carbonyl (C=O) groups is 1. The third-order valence-corrected chi connectivity index (χ3v) is 1.88. The van der Waals surface area contributed by atoms with Crippen molar-refractivity contribution in [2.45, 2.75) is 13.1 Å². The number of carbonyl (C=O) groups excluding carboxylic acids is 1. The molecule has 1 atom stereocenters. The molecule has 0 aromatic rings. The molecule has 1 aliphatic heterocycles. The maximum Gasteiger partial charge on any atom is 0.324 e. The predicted octanol–water partition coefficient (Wildman–Crippen LogP) is 0.172. The van der Waals surface area contributed by atoms with Crippen LogP contribution >= 0.6 is 0 Å². The van der Waals surface area contributed by atoms with Gasteiger partial charge in [-0.2, -0.15) is 0 Å². The molecule has 2 N–H and O–H groups in total. The van der Waals surface area contributed by atoms with Gasteiger partial charge in [-0.05, 0) is 12.5 Å². The van der Waals surface area contributed by atoms with E-state index in [4.69, 9.17) is 5.73 Å². The van der Waals surface area contributed by atoms with Crippen LogP contribution in [0.3, 0.4) is 0 Å². The quantitative estimate of drug-likeness (QED) is 0.542. The first-order valence-electron chi connectivity index (χ1n) is 3.47. The Morgan fingerprint density at radius 2 is 2.09 bits per heavy atom. The van der Waals surface area contributed by atoms with E-state index in [2.05, 4.69) is 0 Å².